The van der Waals surface area contributed by atoms with E-state index in [1.807, 2.05) is 0 Å². The first-order valence-corrected chi connectivity index (χ1v) is 8.86. The minimum atomic E-state index is -6.06. The predicted molar refractivity (Wildman–Crippen MR) is 77.4 cm³/mol. The van der Waals surface area contributed by atoms with Crippen LogP contribution in [0.15, 0.2) is 28.5 Å². The number of sulfone groups is 1. The van der Waals surface area contributed by atoms with E-state index in [1.54, 1.807) is 0 Å². The molecule has 25 heavy (non-hydrogen) atoms. The summed E-state index contributed by atoms with van der Waals surface area (Å²) in [5.41, 5.74) is -6.77. The van der Waals surface area contributed by atoms with Gasteiger partial charge in [-0.1, -0.05) is 12.1 Å². The Morgan fingerprint density at radius 1 is 1.04 bits per heavy atom. The van der Waals surface area contributed by atoms with Crippen molar-refractivity contribution in [2.45, 2.75) is 29.9 Å². The topological polar surface area (TPSA) is 34.1 Å². The highest BCUT2D eigenvalue weighted by atomic mass is 32.2. The molecule has 1 aromatic carbocycles. The smallest absolute Gasteiger partial charge is 0.214 e. The Balaban J connectivity index is 2.81. The van der Waals surface area contributed by atoms with Crippen LogP contribution in [0.2, 0.25) is 0 Å². The molecule has 2 rings (SSSR count). The van der Waals surface area contributed by atoms with Crippen LogP contribution in [0.3, 0.4) is 0 Å². The molecule has 0 saturated carbocycles. The Labute approximate surface area is 141 Å². The van der Waals surface area contributed by atoms with Crippen molar-refractivity contribution < 1.29 is 39.2 Å². The molecule has 0 fully saturated rings. The molecule has 1 aromatic heterocycles. The highest BCUT2D eigenvalue weighted by Crippen LogP contribution is 2.44. The van der Waals surface area contributed by atoms with E-state index in [-0.39, 0.29) is 22.5 Å². The van der Waals surface area contributed by atoms with E-state index in [4.69, 9.17) is 0 Å². The molecule has 2 nitrogen and oxygen atoms in total. The number of thiophene rings is 1. The summed E-state index contributed by atoms with van der Waals surface area (Å²) in [7, 11) is -6.06. The number of rotatable bonds is 3. The number of halogens is 7. The second-order valence-electron chi connectivity index (χ2n) is 5.06. The minimum Gasteiger partial charge on any atom is -0.214 e. The average molecular weight is 406 g/mol. The second-order valence-corrected chi connectivity index (χ2v) is 7.90. The second kappa shape index (κ2) is 6.27. The van der Waals surface area contributed by atoms with Crippen LogP contribution in [0.4, 0.5) is 30.7 Å². The molecular weight excluding hydrogens is 397 g/mol. The van der Waals surface area contributed by atoms with Crippen LogP contribution in [0.25, 0.3) is 11.1 Å². The zero-order valence-electron chi connectivity index (χ0n) is 12.3. The van der Waals surface area contributed by atoms with Gasteiger partial charge >= 0.3 is 11.7 Å². The van der Waals surface area contributed by atoms with Crippen molar-refractivity contribution in [2.75, 3.05) is 0 Å². The van der Waals surface area contributed by atoms with Gasteiger partial charge in [0.05, 0.1) is 11.3 Å². The Morgan fingerprint density at radius 3 is 2.16 bits per heavy atom. The lowest BCUT2D eigenvalue weighted by molar-refractivity contribution is -0.127. The Morgan fingerprint density at radius 2 is 1.64 bits per heavy atom. The molecule has 0 atom stereocenters. The fraction of sp³-hybridized carbons (Fsp3) is 0.286. The van der Waals surface area contributed by atoms with Gasteiger partial charge in [-0.2, -0.15) is 26.3 Å². The average Bonchev–Trinajstić information content (AvgIpc) is 2.82. The maximum Gasteiger partial charge on any atom is 0.501 e. The molecule has 0 amide bonds. The Hall–Kier alpha value is -1.62. The van der Waals surface area contributed by atoms with Crippen LogP contribution in [0, 0.1) is 12.7 Å². The van der Waals surface area contributed by atoms with Gasteiger partial charge in [0.1, 0.15) is 5.82 Å². The van der Waals surface area contributed by atoms with Gasteiger partial charge in [-0.15, -0.1) is 11.3 Å². The minimum absolute atomic E-state index is 0.169. The largest absolute Gasteiger partial charge is 0.501 e. The van der Waals surface area contributed by atoms with Gasteiger partial charge in [-0.3, -0.25) is 0 Å². The van der Waals surface area contributed by atoms with E-state index in [0.29, 0.717) is 0 Å². The fourth-order valence-electron chi connectivity index (χ4n) is 2.19. The van der Waals surface area contributed by atoms with E-state index >= 15 is 0 Å². The summed E-state index contributed by atoms with van der Waals surface area (Å²) in [6, 6.07) is 3.27. The standard InChI is InChI=1S/C14H9F7O2S2/c1-7-8(3-2-4-10(7)15)9-6-24-11(5-13(16,17)18)12(9)25(22,23)14(19,20)21/h2-4,6H,5H2,1H3. The predicted octanol–water partition coefficient (Wildman–Crippen LogP) is 5.26. The van der Waals surface area contributed by atoms with Gasteiger partial charge < -0.3 is 0 Å². The first-order valence-electron chi connectivity index (χ1n) is 6.49. The summed E-state index contributed by atoms with van der Waals surface area (Å²) in [5.74, 6) is -0.823. The van der Waals surface area contributed by atoms with E-state index < -0.39 is 49.1 Å². The third-order valence-corrected chi connectivity index (χ3v) is 6.04. The quantitative estimate of drug-likeness (QED) is 0.652. The van der Waals surface area contributed by atoms with Gasteiger partial charge in [0, 0.05) is 15.8 Å². The van der Waals surface area contributed by atoms with Crippen LogP contribution in [0.1, 0.15) is 10.4 Å². The monoisotopic (exact) mass is 406 g/mol. The van der Waals surface area contributed by atoms with Crippen molar-refractivity contribution in [3.05, 3.63) is 39.8 Å². The molecule has 2 aromatic rings. The molecule has 0 aliphatic heterocycles. The molecule has 138 valence electrons. The zero-order valence-corrected chi connectivity index (χ0v) is 13.9. The van der Waals surface area contributed by atoms with Crippen LogP contribution in [0.5, 0.6) is 0 Å². The van der Waals surface area contributed by atoms with E-state index in [1.165, 1.54) is 6.92 Å². The van der Waals surface area contributed by atoms with Crippen LogP contribution >= 0.6 is 11.3 Å². The first kappa shape index (κ1) is 19.7. The molecule has 0 bridgehead atoms. The molecule has 0 saturated heterocycles. The fourth-order valence-corrected chi connectivity index (χ4v) is 4.77. The molecule has 0 aliphatic rings. The van der Waals surface area contributed by atoms with E-state index in [9.17, 15) is 39.2 Å². The number of alkyl halides is 6. The van der Waals surface area contributed by atoms with E-state index in [2.05, 4.69) is 0 Å². The third-order valence-electron chi connectivity index (χ3n) is 3.31. The normalized spacial score (nSPS) is 13.3. The molecule has 0 radical (unpaired) electrons. The number of hydrogen-bond acceptors (Lipinski definition) is 3. The molecule has 1 heterocycles. The van der Waals surface area contributed by atoms with Crippen LogP contribution in [-0.2, 0) is 16.3 Å². The highest BCUT2D eigenvalue weighted by molar-refractivity contribution is 7.92. The lowest BCUT2D eigenvalue weighted by Crippen LogP contribution is -2.25. The SMILES string of the molecule is Cc1c(F)cccc1-c1csc(CC(F)(F)F)c1S(=O)(=O)C(F)(F)F. The number of hydrogen-bond donors (Lipinski definition) is 0. The van der Waals surface area contributed by atoms with Crippen molar-refractivity contribution >= 4 is 21.2 Å². The van der Waals surface area contributed by atoms with Crippen molar-refractivity contribution in [3.8, 4) is 11.1 Å². The summed E-state index contributed by atoms with van der Waals surface area (Å²) in [4.78, 5) is -2.47. The third kappa shape index (κ3) is 3.81. The molecular formula is C14H9F7O2S2. The van der Waals surface area contributed by atoms with Crippen molar-refractivity contribution in [1.29, 1.82) is 0 Å². The number of benzene rings is 1. The lowest BCUT2D eigenvalue weighted by atomic mass is 10.0. The van der Waals surface area contributed by atoms with Crippen molar-refractivity contribution in [3.63, 3.8) is 0 Å². The Kier molecular flexibility index (Phi) is 4.94. The summed E-state index contributed by atoms with van der Waals surface area (Å²) in [5, 5.41) is 0.863. The summed E-state index contributed by atoms with van der Waals surface area (Å²) >= 11 is 0.234. The molecule has 11 heteroatoms. The zero-order chi connectivity index (χ0) is 19.2. The summed E-state index contributed by atoms with van der Waals surface area (Å²) < 4.78 is 114. The van der Waals surface area contributed by atoms with Gasteiger partial charge in [0.25, 0.3) is 9.84 Å². The highest BCUT2D eigenvalue weighted by Gasteiger charge is 2.50. The molecule has 0 N–H and O–H groups in total. The molecule has 0 spiro atoms. The lowest BCUT2D eigenvalue weighted by Gasteiger charge is -2.14. The van der Waals surface area contributed by atoms with Gasteiger partial charge in [0.2, 0.25) is 0 Å². The van der Waals surface area contributed by atoms with Gasteiger partial charge in [-0.05, 0) is 24.1 Å². The van der Waals surface area contributed by atoms with Crippen LogP contribution < -0.4 is 0 Å². The maximum atomic E-state index is 13.7. The van der Waals surface area contributed by atoms with Crippen molar-refractivity contribution in [2.24, 2.45) is 0 Å². The van der Waals surface area contributed by atoms with Crippen LogP contribution in [-0.4, -0.2) is 20.1 Å². The van der Waals surface area contributed by atoms with E-state index in [0.717, 1.165) is 23.6 Å². The Bertz CT molecular complexity index is 893. The van der Waals surface area contributed by atoms with Crippen molar-refractivity contribution in [1.82, 2.24) is 0 Å². The molecule has 0 unspecified atom stereocenters. The van der Waals surface area contributed by atoms with Gasteiger partial charge in [0.15, 0.2) is 0 Å². The maximum absolute atomic E-state index is 13.7. The van der Waals surface area contributed by atoms with Gasteiger partial charge in [-0.25, -0.2) is 12.8 Å². The first-order chi connectivity index (χ1) is 11.3. The summed E-state index contributed by atoms with van der Waals surface area (Å²) in [6.45, 7) is 1.19. The molecule has 0 aliphatic carbocycles. The summed E-state index contributed by atoms with van der Waals surface area (Å²) in [6.07, 6.45) is -6.74.